The monoisotopic (exact) mass is 326 g/mol. The van der Waals surface area contributed by atoms with E-state index in [2.05, 4.69) is 0 Å². The maximum atomic E-state index is 13.7. The maximum Gasteiger partial charge on any atom is 0.303 e. The number of hydrogen-bond donors (Lipinski definition) is 1. The zero-order chi connectivity index (χ0) is 16.8. The van der Waals surface area contributed by atoms with Crippen molar-refractivity contribution in [2.75, 3.05) is 31.1 Å². The third-order valence-electron chi connectivity index (χ3n) is 3.91. The molecule has 0 saturated carbocycles. The maximum absolute atomic E-state index is 13.7. The van der Waals surface area contributed by atoms with Crippen LogP contribution in [0.3, 0.4) is 0 Å². The minimum atomic E-state index is -0.858. The molecule has 2 rings (SSSR count). The van der Waals surface area contributed by atoms with Crippen LogP contribution in [0.15, 0.2) is 18.2 Å². The van der Waals surface area contributed by atoms with E-state index in [9.17, 15) is 18.4 Å². The SMILES string of the molecule is O=C(O)CCCCC(=O)N1CCN(c2cc(F)ccc2F)CC1. The van der Waals surface area contributed by atoms with Crippen LogP contribution >= 0.6 is 0 Å². The molecule has 0 radical (unpaired) electrons. The second-order valence-corrected chi connectivity index (χ2v) is 5.56. The van der Waals surface area contributed by atoms with Crippen molar-refractivity contribution in [1.82, 2.24) is 4.90 Å². The first-order valence-electron chi connectivity index (χ1n) is 7.67. The Hall–Kier alpha value is -2.18. The standard InChI is InChI=1S/C16H20F2N2O3/c17-12-5-6-13(18)14(11-12)19-7-9-20(10-8-19)15(21)3-1-2-4-16(22)23/h5-6,11H,1-4,7-10H2,(H,22,23). The van der Waals surface area contributed by atoms with E-state index in [1.807, 2.05) is 0 Å². The Bertz CT molecular complexity index is 572. The van der Waals surface area contributed by atoms with E-state index in [0.717, 1.165) is 12.1 Å². The van der Waals surface area contributed by atoms with Crippen LogP contribution in [0, 0.1) is 11.6 Å². The molecule has 1 heterocycles. The molecule has 5 nitrogen and oxygen atoms in total. The summed E-state index contributed by atoms with van der Waals surface area (Å²) in [5, 5.41) is 8.55. The van der Waals surface area contributed by atoms with E-state index in [-0.39, 0.29) is 18.0 Å². The van der Waals surface area contributed by atoms with Gasteiger partial charge in [-0.05, 0) is 25.0 Å². The lowest BCUT2D eigenvalue weighted by Crippen LogP contribution is -2.49. The average Bonchev–Trinajstić information content (AvgIpc) is 2.53. The number of piperazine rings is 1. The average molecular weight is 326 g/mol. The van der Waals surface area contributed by atoms with Gasteiger partial charge in [-0.1, -0.05) is 0 Å². The van der Waals surface area contributed by atoms with Gasteiger partial charge in [0.05, 0.1) is 5.69 Å². The number of amides is 1. The summed E-state index contributed by atoms with van der Waals surface area (Å²) < 4.78 is 27.0. The minimum Gasteiger partial charge on any atom is -0.481 e. The zero-order valence-corrected chi connectivity index (χ0v) is 12.8. The molecule has 1 fully saturated rings. The Balaban J connectivity index is 1.80. The molecule has 0 aliphatic carbocycles. The van der Waals surface area contributed by atoms with Gasteiger partial charge in [0.15, 0.2) is 0 Å². The van der Waals surface area contributed by atoms with Crippen molar-refractivity contribution in [3.8, 4) is 0 Å². The van der Waals surface area contributed by atoms with Crippen molar-refractivity contribution < 1.29 is 23.5 Å². The van der Waals surface area contributed by atoms with Crippen LogP contribution in [0.4, 0.5) is 14.5 Å². The highest BCUT2D eigenvalue weighted by atomic mass is 19.1. The second-order valence-electron chi connectivity index (χ2n) is 5.56. The number of halogens is 2. The summed E-state index contributed by atoms with van der Waals surface area (Å²) in [5.41, 5.74) is 0.221. The topological polar surface area (TPSA) is 60.9 Å². The summed E-state index contributed by atoms with van der Waals surface area (Å²) in [7, 11) is 0. The number of aliphatic carboxylic acids is 1. The molecular formula is C16H20F2N2O3. The van der Waals surface area contributed by atoms with Gasteiger partial charge >= 0.3 is 5.97 Å². The Morgan fingerprint density at radius 1 is 1.04 bits per heavy atom. The molecule has 1 saturated heterocycles. The third-order valence-corrected chi connectivity index (χ3v) is 3.91. The number of hydrogen-bond acceptors (Lipinski definition) is 3. The molecule has 126 valence electrons. The predicted molar refractivity (Wildman–Crippen MR) is 81.3 cm³/mol. The van der Waals surface area contributed by atoms with Gasteiger partial charge in [0.25, 0.3) is 0 Å². The number of benzene rings is 1. The first-order valence-corrected chi connectivity index (χ1v) is 7.67. The minimum absolute atomic E-state index is 0.0187. The third kappa shape index (κ3) is 4.91. The van der Waals surface area contributed by atoms with E-state index in [4.69, 9.17) is 5.11 Å². The lowest BCUT2D eigenvalue weighted by atomic mass is 10.1. The Morgan fingerprint density at radius 2 is 1.70 bits per heavy atom. The molecule has 0 spiro atoms. The van der Waals surface area contributed by atoms with Crippen molar-refractivity contribution >= 4 is 17.6 Å². The molecule has 0 bridgehead atoms. The molecule has 0 atom stereocenters. The Morgan fingerprint density at radius 3 is 2.35 bits per heavy atom. The van der Waals surface area contributed by atoms with Crippen LogP contribution in [0.5, 0.6) is 0 Å². The summed E-state index contributed by atoms with van der Waals surface area (Å²) in [6.07, 6.45) is 1.42. The number of rotatable bonds is 6. The molecule has 7 heteroatoms. The fourth-order valence-corrected chi connectivity index (χ4v) is 2.64. The van der Waals surface area contributed by atoms with Crippen LogP contribution in [-0.4, -0.2) is 48.1 Å². The van der Waals surface area contributed by atoms with E-state index in [0.29, 0.717) is 45.4 Å². The van der Waals surface area contributed by atoms with Gasteiger partial charge in [0.2, 0.25) is 5.91 Å². The van der Waals surface area contributed by atoms with Crippen molar-refractivity contribution in [1.29, 1.82) is 0 Å². The lowest BCUT2D eigenvalue weighted by Gasteiger charge is -2.36. The lowest BCUT2D eigenvalue weighted by molar-refractivity contribution is -0.137. The number of carboxylic acid groups (broad SMARTS) is 1. The molecule has 1 aliphatic heterocycles. The summed E-state index contributed by atoms with van der Waals surface area (Å²) in [4.78, 5) is 25.9. The summed E-state index contributed by atoms with van der Waals surface area (Å²) >= 11 is 0. The highest BCUT2D eigenvalue weighted by molar-refractivity contribution is 5.76. The molecule has 1 amide bonds. The smallest absolute Gasteiger partial charge is 0.303 e. The van der Waals surface area contributed by atoms with Crippen molar-refractivity contribution in [3.05, 3.63) is 29.8 Å². The normalized spacial score (nSPS) is 14.9. The summed E-state index contributed by atoms with van der Waals surface area (Å²) in [5.74, 6) is -1.84. The zero-order valence-electron chi connectivity index (χ0n) is 12.8. The first kappa shape index (κ1) is 17.2. The molecule has 23 heavy (non-hydrogen) atoms. The van der Waals surface area contributed by atoms with Gasteiger partial charge < -0.3 is 14.9 Å². The van der Waals surface area contributed by atoms with Crippen molar-refractivity contribution in [3.63, 3.8) is 0 Å². The second kappa shape index (κ2) is 7.89. The van der Waals surface area contributed by atoms with Crippen molar-refractivity contribution in [2.45, 2.75) is 25.7 Å². The van der Waals surface area contributed by atoms with Gasteiger partial charge in [-0.15, -0.1) is 0 Å². The Kier molecular flexibility index (Phi) is 5.90. The van der Waals surface area contributed by atoms with Crippen molar-refractivity contribution in [2.24, 2.45) is 0 Å². The van der Waals surface area contributed by atoms with Gasteiger partial charge in [0, 0.05) is 45.1 Å². The van der Waals surface area contributed by atoms with Gasteiger partial charge in [-0.2, -0.15) is 0 Å². The highest BCUT2D eigenvalue weighted by Gasteiger charge is 2.22. The van der Waals surface area contributed by atoms with Gasteiger partial charge in [-0.25, -0.2) is 8.78 Å². The summed E-state index contributed by atoms with van der Waals surface area (Å²) in [6, 6.07) is 3.35. The number of anilines is 1. The first-order chi connectivity index (χ1) is 11.0. The molecular weight excluding hydrogens is 306 g/mol. The molecule has 1 N–H and O–H groups in total. The van der Waals surface area contributed by atoms with Crippen LogP contribution < -0.4 is 4.90 Å². The molecule has 0 unspecified atom stereocenters. The van der Waals surface area contributed by atoms with Crippen LogP contribution in [0.2, 0.25) is 0 Å². The number of carbonyl (C=O) groups is 2. The molecule has 1 aromatic carbocycles. The Labute approximate surface area is 133 Å². The van der Waals surface area contributed by atoms with Gasteiger partial charge in [-0.3, -0.25) is 9.59 Å². The number of carboxylic acids is 1. The highest BCUT2D eigenvalue weighted by Crippen LogP contribution is 2.22. The molecule has 0 aromatic heterocycles. The number of nitrogens with zero attached hydrogens (tertiary/aromatic N) is 2. The van der Waals surface area contributed by atoms with Crippen LogP contribution in [-0.2, 0) is 9.59 Å². The number of unbranched alkanes of at least 4 members (excludes halogenated alkanes) is 1. The number of carbonyl (C=O) groups excluding carboxylic acids is 1. The largest absolute Gasteiger partial charge is 0.481 e. The van der Waals surface area contributed by atoms with Gasteiger partial charge in [0.1, 0.15) is 11.6 Å². The fourth-order valence-electron chi connectivity index (χ4n) is 2.64. The van der Waals surface area contributed by atoms with E-state index >= 15 is 0 Å². The molecule has 1 aromatic rings. The molecule has 1 aliphatic rings. The van der Waals surface area contributed by atoms with E-state index in [1.165, 1.54) is 6.07 Å². The van der Waals surface area contributed by atoms with Crippen LogP contribution in [0.1, 0.15) is 25.7 Å². The quantitative estimate of drug-likeness (QED) is 0.815. The predicted octanol–water partition coefficient (Wildman–Crippen LogP) is 2.26. The fraction of sp³-hybridized carbons (Fsp3) is 0.500. The van der Waals surface area contributed by atoms with Crippen LogP contribution in [0.25, 0.3) is 0 Å². The summed E-state index contributed by atoms with van der Waals surface area (Å²) in [6.45, 7) is 1.80. The van der Waals surface area contributed by atoms with E-state index in [1.54, 1.807) is 9.80 Å². The van der Waals surface area contributed by atoms with E-state index < -0.39 is 17.6 Å².